The maximum absolute atomic E-state index is 12.8. The fourth-order valence-corrected chi connectivity index (χ4v) is 3.68. The molecule has 3 aromatic rings. The van der Waals surface area contributed by atoms with Crippen molar-refractivity contribution in [2.24, 2.45) is 7.05 Å². The van der Waals surface area contributed by atoms with E-state index in [1.54, 1.807) is 21.8 Å². The summed E-state index contributed by atoms with van der Waals surface area (Å²) in [6, 6.07) is 3.46. The summed E-state index contributed by atoms with van der Waals surface area (Å²) < 4.78 is 6.95. The number of piperazine rings is 1. The first kappa shape index (κ1) is 19.7. The summed E-state index contributed by atoms with van der Waals surface area (Å²) in [5.74, 6) is 1.33. The Morgan fingerprint density at radius 1 is 1.27 bits per heavy atom. The quantitative estimate of drug-likeness (QED) is 0.662. The van der Waals surface area contributed by atoms with Crippen LogP contribution < -0.4 is 20.7 Å². The van der Waals surface area contributed by atoms with Gasteiger partial charge in [0.05, 0.1) is 18.7 Å². The number of nitrogens with zero attached hydrogens (tertiary/aromatic N) is 7. The van der Waals surface area contributed by atoms with E-state index in [9.17, 15) is 4.79 Å². The van der Waals surface area contributed by atoms with Gasteiger partial charge in [0.2, 0.25) is 11.8 Å². The normalized spacial score (nSPS) is 16.7. The van der Waals surface area contributed by atoms with E-state index < -0.39 is 0 Å². The molecule has 1 aliphatic rings. The number of aryl methyl sites for hydroxylation is 2. The maximum Gasteiger partial charge on any atom is 0.322 e. The van der Waals surface area contributed by atoms with Crippen molar-refractivity contribution in [1.29, 1.82) is 0 Å². The molecule has 0 saturated carbocycles. The molecular weight excluding hydrogens is 386 g/mol. The van der Waals surface area contributed by atoms with Crippen LogP contribution in [0.4, 0.5) is 22.2 Å². The van der Waals surface area contributed by atoms with E-state index in [2.05, 4.69) is 30.3 Å². The lowest BCUT2D eigenvalue weighted by atomic mass is 10.2. The lowest BCUT2D eigenvalue weighted by Crippen LogP contribution is -2.55. The Morgan fingerprint density at radius 2 is 2.07 bits per heavy atom. The lowest BCUT2D eigenvalue weighted by molar-refractivity contribution is 0.200. The molecule has 0 radical (unpaired) electrons. The summed E-state index contributed by atoms with van der Waals surface area (Å²) in [6.45, 7) is 5.59. The van der Waals surface area contributed by atoms with E-state index in [4.69, 9.17) is 10.5 Å². The first-order valence-electron chi connectivity index (χ1n) is 9.66. The van der Waals surface area contributed by atoms with Crippen LogP contribution in [0.15, 0.2) is 18.3 Å². The highest BCUT2D eigenvalue weighted by atomic mass is 16.5. The standard InChI is InChI=1S/C19H25N9O2/c1-11-5-6-14(17(22-11)30-4)23-19(29)27-7-8-28(12(2)10-27)16-13-9-21-26(3)15(13)24-18(20)25-16/h5-6,9,12H,7-8,10H2,1-4H3,(H,23,29)(H2,20,24,25)/t12-/m0/s1. The highest BCUT2D eigenvalue weighted by Crippen LogP contribution is 2.28. The number of aromatic nitrogens is 5. The number of nitrogens with one attached hydrogen (secondary N) is 1. The second kappa shape index (κ2) is 7.65. The smallest absolute Gasteiger partial charge is 0.322 e. The van der Waals surface area contributed by atoms with Crippen LogP contribution in [0.3, 0.4) is 0 Å². The molecule has 0 aliphatic carbocycles. The maximum atomic E-state index is 12.8. The van der Waals surface area contributed by atoms with Gasteiger partial charge in [-0.05, 0) is 26.0 Å². The Kier molecular flexibility index (Phi) is 5.02. The van der Waals surface area contributed by atoms with Crippen molar-refractivity contribution in [3.05, 3.63) is 24.0 Å². The largest absolute Gasteiger partial charge is 0.480 e. The first-order valence-corrected chi connectivity index (χ1v) is 9.66. The average Bonchev–Trinajstić information content (AvgIpc) is 3.09. The molecule has 1 fully saturated rings. The minimum Gasteiger partial charge on any atom is -0.480 e. The number of rotatable bonds is 3. The van der Waals surface area contributed by atoms with Crippen LogP contribution in [0.25, 0.3) is 11.0 Å². The number of hydrogen-bond donors (Lipinski definition) is 2. The Hall–Kier alpha value is -3.63. The molecule has 1 aliphatic heterocycles. The molecule has 0 unspecified atom stereocenters. The predicted molar refractivity (Wildman–Crippen MR) is 114 cm³/mol. The molecule has 11 nitrogen and oxygen atoms in total. The van der Waals surface area contributed by atoms with Gasteiger partial charge in [-0.1, -0.05) is 0 Å². The van der Waals surface area contributed by atoms with Gasteiger partial charge in [-0.2, -0.15) is 15.1 Å². The van der Waals surface area contributed by atoms with Gasteiger partial charge in [0, 0.05) is 38.4 Å². The molecule has 30 heavy (non-hydrogen) atoms. The monoisotopic (exact) mass is 411 g/mol. The van der Waals surface area contributed by atoms with Gasteiger partial charge in [0.15, 0.2) is 5.65 Å². The van der Waals surface area contributed by atoms with E-state index >= 15 is 0 Å². The van der Waals surface area contributed by atoms with E-state index in [0.717, 1.165) is 16.9 Å². The number of fused-ring (bicyclic) bond motifs is 1. The molecular formula is C19H25N9O2. The van der Waals surface area contributed by atoms with Gasteiger partial charge in [-0.3, -0.25) is 4.68 Å². The summed E-state index contributed by atoms with van der Waals surface area (Å²) in [6.07, 6.45) is 1.74. The molecule has 1 atom stereocenters. The minimum atomic E-state index is -0.195. The molecule has 0 bridgehead atoms. The summed E-state index contributed by atoms with van der Waals surface area (Å²) in [5, 5.41) is 8.01. The van der Waals surface area contributed by atoms with Gasteiger partial charge in [-0.25, -0.2) is 9.78 Å². The first-order chi connectivity index (χ1) is 14.4. The van der Waals surface area contributed by atoms with Gasteiger partial charge in [0.1, 0.15) is 11.5 Å². The molecule has 2 amide bonds. The number of hydrogen-bond acceptors (Lipinski definition) is 8. The molecule has 158 valence electrons. The third-order valence-corrected chi connectivity index (χ3v) is 5.21. The van der Waals surface area contributed by atoms with Crippen LogP contribution in [0.2, 0.25) is 0 Å². The Balaban J connectivity index is 1.50. The molecule has 1 saturated heterocycles. The van der Waals surface area contributed by atoms with Crippen LogP contribution in [0, 0.1) is 6.92 Å². The van der Waals surface area contributed by atoms with E-state index in [1.807, 2.05) is 27.0 Å². The Bertz CT molecular complexity index is 1100. The number of ether oxygens (including phenoxy) is 1. The Labute approximate surface area is 173 Å². The van der Waals surface area contributed by atoms with Crippen molar-refractivity contribution >= 4 is 34.5 Å². The molecule has 0 spiro atoms. The van der Waals surface area contributed by atoms with Gasteiger partial charge in [-0.15, -0.1) is 0 Å². The number of anilines is 3. The van der Waals surface area contributed by atoms with Gasteiger partial charge >= 0.3 is 6.03 Å². The van der Waals surface area contributed by atoms with Gasteiger partial charge < -0.3 is 25.6 Å². The third-order valence-electron chi connectivity index (χ3n) is 5.21. The molecule has 3 aromatic heterocycles. The molecule has 3 N–H and O–H groups in total. The highest BCUT2D eigenvalue weighted by Gasteiger charge is 2.30. The number of pyridine rings is 1. The highest BCUT2D eigenvalue weighted by molar-refractivity contribution is 5.91. The fourth-order valence-electron chi connectivity index (χ4n) is 3.68. The zero-order chi connectivity index (χ0) is 21.4. The number of carbonyl (C=O) groups excluding carboxylic acids is 1. The lowest BCUT2D eigenvalue weighted by Gasteiger charge is -2.40. The number of carbonyl (C=O) groups is 1. The van der Waals surface area contributed by atoms with Crippen molar-refractivity contribution in [2.75, 3.05) is 42.7 Å². The van der Waals surface area contributed by atoms with Crippen molar-refractivity contribution in [3.8, 4) is 5.88 Å². The second-order valence-electron chi connectivity index (χ2n) is 7.34. The summed E-state index contributed by atoms with van der Waals surface area (Å²) >= 11 is 0. The third kappa shape index (κ3) is 3.53. The van der Waals surface area contributed by atoms with Crippen LogP contribution in [-0.4, -0.2) is 68.4 Å². The molecule has 4 heterocycles. The van der Waals surface area contributed by atoms with Crippen LogP contribution in [0.5, 0.6) is 5.88 Å². The molecule has 11 heteroatoms. The number of methoxy groups -OCH3 is 1. The minimum absolute atomic E-state index is 0.0280. The summed E-state index contributed by atoms with van der Waals surface area (Å²) in [4.78, 5) is 29.8. The van der Waals surface area contributed by atoms with E-state index in [-0.39, 0.29) is 18.0 Å². The SMILES string of the molecule is COc1nc(C)ccc1NC(=O)N1CCN(c2nc(N)nc3c2cnn3C)[C@@H](C)C1. The van der Waals surface area contributed by atoms with Crippen LogP contribution in [-0.2, 0) is 7.05 Å². The van der Waals surface area contributed by atoms with E-state index in [1.165, 1.54) is 7.11 Å². The number of nitrogen functional groups attached to an aromatic ring is 1. The zero-order valence-corrected chi connectivity index (χ0v) is 17.5. The Morgan fingerprint density at radius 3 is 2.80 bits per heavy atom. The van der Waals surface area contributed by atoms with Crippen molar-refractivity contribution < 1.29 is 9.53 Å². The van der Waals surface area contributed by atoms with Gasteiger partial charge in [0.25, 0.3) is 0 Å². The summed E-state index contributed by atoms with van der Waals surface area (Å²) in [5.41, 5.74) is 7.97. The van der Waals surface area contributed by atoms with Crippen molar-refractivity contribution in [3.63, 3.8) is 0 Å². The zero-order valence-electron chi connectivity index (χ0n) is 17.5. The number of nitrogens with two attached hydrogens (primary N) is 1. The van der Waals surface area contributed by atoms with Crippen molar-refractivity contribution in [1.82, 2.24) is 29.6 Å². The number of urea groups is 1. The average molecular weight is 411 g/mol. The molecule has 0 aromatic carbocycles. The summed E-state index contributed by atoms with van der Waals surface area (Å²) in [7, 11) is 3.35. The fraction of sp³-hybridized carbons (Fsp3) is 0.421. The van der Waals surface area contributed by atoms with Crippen LogP contribution in [0.1, 0.15) is 12.6 Å². The van der Waals surface area contributed by atoms with E-state index in [0.29, 0.717) is 36.8 Å². The second-order valence-corrected chi connectivity index (χ2v) is 7.34. The predicted octanol–water partition coefficient (Wildman–Crippen LogP) is 1.40. The topological polar surface area (TPSA) is 127 Å². The van der Waals surface area contributed by atoms with Crippen LogP contribution >= 0.6 is 0 Å². The number of amides is 2. The van der Waals surface area contributed by atoms with Crippen molar-refractivity contribution in [2.45, 2.75) is 19.9 Å². The molecule has 4 rings (SSSR count).